The Balaban J connectivity index is 1.92. The highest BCUT2D eigenvalue weighted by Gasteiger charge is 2.29. The topological polar surface area (TPSA) is 98.0 Å². The van der Waals surface area contributed by atoms with Crippen molar-refractivity contribution >= 4 is 21.7 Å². The Hall–Kier alpha value is -2.15. The molecule has 3 rings (SSSR count). The van der Waals surface area contributed by atoms with Crippen LogP contribution >= 0.6 is 0 Å². The number of fused-ring (bicyclic) bond motifs is 1. The molecule has 2 aromatic rings. The SMILES string of the molecule is CC1CCC(C(C)C)c2cnc(NS(=O)(=O)c3ccc(N)cc3)nc21. The van der Waals surface area contributed by atoms with Crippen molar-refractivity contribution in [1.29, 1.82) is 0 Å². The van der Waals surface area contributed by atoms with Gasteiger partial charge in [-0.2, -0.15) is 0 Å². The first-order valence-corrected chi connectivity index (χ1v) is 10.0. The molecule has 1 aliphatic carbocycles. The lowest BCUT2D eigenvalue weighted by molar-refractivity contribution is 0.403. The highest BCUT2D eigenvalue weighted by atomic mass is 32.2. The summed E-state index contributed by atoms with van der Waals surface area (Å²) >= 11 is 0. The molecule has 0 saturated carbocycles. The first-order valence-electron chi connectivity index (χ1n) is 8.53. The molecule has 1 aromatic carbocycles. The molecule has 0 saturated heterocycles. The molecular formula is C18H24N4O2S. The van der Waals surface area contributed by atoms with Gasteiger partial charge in [-0.15, -0.1) is 0 Å². The number of hydrogen-bond donors (Lipinski definition) is 2. The summed E-state index contributed by atoms with van der Waals surface area (Å²) in [4.78, 5) is 8.93. The molecule has 6 nitrogen and oxygen atoms in total. The lowest BCUT2D eigenvalue weighted by Crippen LogP contribution is -2.21. The van der Waals surface area contributed by atoms with Gasteiger partial charge in [0.15, 0.2) is 0 Å². The van der Waals surface area contributed by atoms with Gasteiger partial charge in [-0.05, 0) is 60.4 Å². The zero-order valence-corrected chi connectivity index (χ0v) is 15.5. The van der Waals surface area contributed by atoms with Crippen LogP contribution in [0.3, 0.4) is 0 Å². The van der Waals surface area contributed by atoms with Crippen LogP contribution in [0.2, 0.25) is 0 Å². The minimum atomic E-state index is -3.73. The largest absolute Gasteiger partial charge is 0.399 e. The smallest absolute Gasteiger partial charge is 0.264 e. The molecule has 3 N–H and O–H groups in total. The van der Waals surface area contributed by atoms with E-state index < -0.39 is 10.0 Å². The summed E-state index contributed by atoms with van der Waals surface area (Å²) in [6.07, 6.45) is 3.95. The van der Waals surface area contributed by atoms with Gasteiger partial charge >= 0.3 is 0 Å². The van der Waals surface area contributed by atoms with Gasteiger partial charge in [0.1, 0.15) is 0 Å². The second-order valence-corrected chi connectivity index (χ2v) is 8.72. The van der Waals surface area contributed by atoms with Crippen LogP contribution in [0.15, 0.2) is 35.4 Å². The van der Waals surface area contributed by atoms with Crippen molar-refractivity contribution in [2.75, 3.05) is 10.5 Å². The first-order chi connectivity index (χ1) is 11.8. The Bertz CT molecular complexity index is 863. The van der Waals surface area contributed by atoms with Crippen LogP contribution in [0.5, 0.6) is 0 Å². The van der Waals surface area contributed by atoms with Crippen molar-refractivity contribution in [3.8, 4) is 0 Å². The Morgan fingerprint density at radius 3 is 2.52 bits per heavy atom. The number of nitrogens with two attached hydrogens (primary N) is 1. The lowest BCUT2D eigenvalue weighted by Gasteiger charge is -2.31. The van der Waals surface area contributed by atoms with Gasteiger partial charge in [0.2, 0.25) is 5.95 Å². The molecule has 2 atom stereocenters. The van der Waals surface area contributed by atoms with E-state index in [1.54, 1.807) is 18.3 Å². The summed E-state index contributed by atoms with van der Waals surface area (Å²) in [6, 6.07) is 6.04. The maximum absolute atomic E-state index is 12.5. The number of nitrogen functional groups attached to an aromatic ring is 1. The van der Waals surface area contributed by atoms with Crippen molar-refractivity contribution in [2.45, 2.75) is 50.3 Å². The maximum Gasteiger partial charge on any atom is 0.264 e. The van der Waals surface area contributed by atoms with E-state index in [4.69, 9.17) is 5.73 Å². The van der Waals surface area contributed by atoms with E-state index >= 15 is 0 Å². The molecule has 0 radical (unpaired) electrons. The van der Waals surface area contributed by atoms with E-state index in [1.807, 2.05) is 0 Å². The third-order valence-corrected chi connectivity index (χ3v) is 6.19. The number of aromatic nitrogens is 2. The molecule has 0 fully saturated rings. The summed E-state index contributed by atoms with van der Waals surface area (Å²) in [6.45, 7) is 6.52. The standard InChI is InChI=1S/C18H24N4O2S/c1-11(2)15-9-4-12(3)17-16(15)10-20-18(21-17)22-25(23,24)14-7-5-13(19)6-8-14/h5-8,10-12,15H,4,9,19H2,1-3H3,(H,20,21,22). The summed E-state index contributed by atoms with van der Waals surface area (Å²) in [5, 5.41) is 0. The number of anilines is 2. The third kappa shape index (κ3) is 3.61. The first kappa shape index (κ1) is 17.7. The minimum Gasteiger partial charge on any atom is -0.399 e. The van der Waals surface area contributed by atoms with E-state index in [0.29, 0.717) is 23.4 Å². The Morgan fingerprint density at radius 1 is 1.20 bits per heavy atom. The second-order valence-electron chi connectivity index (χ2n) is 7.04. The fraction of sp³-hybridized carbons (Fsp3) is 0.444. The third-order valence-electron chi connectivity index (χ3n) is 4.85. The van der Waals surface area contributed by atoms with Crippen LogP contribution in [0.4, 0.5) is 11.6 Å². The van der Waals surface area contributed by atoms with Gasteiger partial charge in [-0.3, -0.25) is 0 Å². The van der Waals surface area contributed by atoms with E-state index in [9.17, 15) is 8.42 Å². The van der Waals surface area contributed by atoms with E-state index in [1.165, 1.54) is 12.1 Å². The zero-order chi connectivity index (χ0) is 18.2. The number of rotatable bonds is 4. The Labute approximate surface area is 148 Å². The lowest BCUT2D eigenvalue weighted by atomic mass is 9.76. The van der Waals surface area contributed by atoms with Gasteiger partial charge in [-0.25, -0.2) is 23.1 Å². The second kappa shape index (κ2) is 6.63. The number of nitrogens with zero attached hydrogens (tertiary/aromatic N) is 2. The van der Waals surface area contributed by atoms with Crippen LogP contribution < -0.4 is 10.5 Å². The van der Waals surface area contributed by atoms with Crippen molar-refractivity contribution in [2.24, 2.45) is 5.92 Å². The van der Waals surface area contributed by atoms with Gasteiger partial charge in [0.05, 0.1) is 10.6 Å². The molecule has 2 unspecified atom stereocenters. The quantitative estimate of drug-likeness (QED) is 0.813. The van der Waals surface area contributed by atoms with Crippen LogP contribution in [-0.2, 0) is 10.0 Å². The molecule has 0 aliphatic heterocycles. The molecule has 0 amide bonds. The number of nitrogens with one attached hydrogen (secondary N) is 1. The Kier molecular flexibility index (Phi) is 4.69. The van der Waals surface area contributed by atoms with Crippen LogP contribution in [0, 0.1) is 5.92 Å². The van der Waals surface area contributed by atoms with E-state index in [2.05, 4.69) is 35.5 Å². The predicted octanol–water partition coefficient (Wildman–Crippen LogP) is 3.50. The molecule has 25 heavy (non-hydrogen) atoms. The minimum absolute atomic E-state index is 0.117. The molecule has 0 bridgehead atoms. The summed E-state index contributed by atoms with van der Waals surface area (Å²) < 4.78 is 27.5. The monoisotopic (exact) mass is 360 g/mol. The van der Waals surface area contributed by atoms with E-state index in [0.717, 1.165) is 24.1 Å². The van der Waals surface area contributed by atoms with Crippen LogP contribution in [0.25, 0.3) is 0 Å². The van der Waals surface area contributed by atoms with Gasteiger partial charge in [-0.1, -0.05) is 20.8 Å². The number of sulfonamides is 1. The van der Waals surface area contributed by atoms with E-state index in [-0.39, 0.29) is 10.8 Å². The van der Waals surface area contributed by atoms with Gasteiger partial charge in [0.25, 0.3) is 10.0 Å². The maximum atomic E-state index is 12.5. The zero-order valence-electron chi connectivity index (χ0n) is 14.7. The molecule has 134 valence electrons. The van der Waals surface area contributed by atoms with Gasteiger partial charge < -0.3 is 5.73 Å². The predicted molar refractivity (Wildman–Crippen MR) is 98.9 cm³/mol. The molecule has 1 aromatic heterocycles. The number of hydrogen-bond acceptors (Lipinski definition) is 5. The van der Waals surface area contributed by atoms with Crippen molar-refractivity contribution in [3.05, 3.63) is 41.7 Å². The number of benzene rings is 1. The average molecular weight is 360 g/mol. The van der Waals surface area contributed by atoms with Gasteiger partial charge in [0, 0.05) is 11.9 Å². The fourth-order valence-electron chi connectivity index (χ4n) is 3.37. The summed E-state index contributed by atoms with van der Waals surface area (Å²) in [5.41, 5.74) is 8.22. The fourth-order valence-corrected chi connectivity index (χ4v) is 4.33. The van der Waals surface area contributed by atoms with Crippen molar-refractivity contribution < 1.29 is 8.42 Å². The van der Waals surface area contributed by atoms with Crippen molar-refractivity contribution in [1.82, 2.24) is 9.97 Å². The molecule has 1 heterocycles. The van der Waals surface area contributed by atoms with Crippen LogP contribution in [0.1, 0.15) is 56.7 Å². The molecule has 7 heteroatoms. The summed E-state index contributed by atoms with van der Waals surface area (Å²) in [5.74, 6) is 1.35. The molecule has 0 spiro atoms. The molecular weight excluding hydrogens is 336 g/mol. The molecule has 1 aliphatic rings. The van der Waals surface area contributed by atoms with Crippen LogP contribution in [-0.4, -0.2) is 18.4 Å². The highest BCUT2D eigenvalue weighted by Crippen LogP contribution is 2.41. The highest BCUT2D eigenvalue weighted by molar-refractivity contribution is 7.92. The normalized spacial score (nSPS) is 20.3. The average Bonchev–Trinajstić information content (AvgIpc) is 2.55. The van der Waals surface area contributed by atoms with Crippen molar-refractivity contribution in [3.63, 3.8) is 0 Å². The summed E-state index contributed by atoms with van der Waals surface area (Å²) in [7, 11) is -3.73. The Morgan fingerprint density at radius 2 is 1.88 bits per heavy atom.